The number of para-hydroxylation sites is 1. The highest BCUT2D eigenvalue weighted by Gasteiger charge is 1.94. The highest BCUT2D eigenvalue weighted by molar-refractivity contribution is 5.48. The van der Waals surface area contributed by atoms with Crippen molar-refractivity contribution in [2.24, 2.45) is 0 Å². The van der Waals surface area contributed by atoms with E-state index in [1.807, 2.05) is 30.3 Å². The maximum Gasteiger partial charge on any atom is 0.119 e. The summed E-state index contributed by atoms with van der Waals surface area (Å²) in [5.41, 5.74) is 1.30. The monoisotopic (exact) mass is 336 g/mol. The van der Waals surface area contributed by atoms with Crippen LogP contribution >= 0.6 is 0 Å². The minimum absolute atomic E-state index is 0.845. The van der Waals surface area contributed by atoms with Crippen LogP contribution in [0.3, 0.4) is 0 Å². The normalized spacial score (nSPS) is 11.0. The van der Waals surface area contributed by atoms with E-state index in [-0.39, 0.29) is 0 Å². The van der Waals surface area contributed by atoms with Crippen molar-refractivity contribution in [1.82, 2.24) is 0 Å². The van der Waals surface area contributed by atoms with Gasteiger partial charge < -0.3 is 4.74 Å². The molecule has 134 valence electrons. The predicted molar refractivity (Wildman–Crippen MR) is 109 cm³/mol. The second-order valence-corrected chi connectivity index (χ2v) is 6.59. The van der Waals surface area contributed by atoms with Crippen molar-refractivity contribution in [3.63, 3.8) is 0 Å². The lowest BCUT2D eigenvalue weighted by Gasteiger charge is -2.05. The number of unbranched alkanes of at least 4 members (excludes halogenated alkanes) is 8. The fourth-order valence-electron chi connectivity index (χ4n) is 2.92. The van der Waals surface area contributed by atoms with Crippen molar-refractivity contribution in [3.8, 4) is 5.75 Å². The zero-order valence-electron chi connectivity index (χ0n) is 15.4. The van der Waals surface area contributed by atoms with Gasteiger partial charge in [-0.3, -0.25) is 0 Å². The molecule has 0 aliphatic heterocycles. The van der Waals surface area contributed by atoms with Crippen LogP contribution in [0.15, 0.2) is 66.7 Å². The molecule has 0 aromatic heterocycles. The highest BCUT2D eigenvalue weighted by Crippen LogP contribution is 2.12. The zero-order valence-corrected chi connectivity index (χ0v) is 15.4. The Balaban J connectivity index is 1.34. The lowest BCUT2D eigenvalue weighted by molar-refractivity contribution is 0.304. The maximum absolute atomic E-state index is 5.71. The maximum atomic E-state index is 5.71. The van der Waals surface area contributed by atoms with Gasteiger partial charge in [-0.2, -0.15) is 0 Å². The third-order valence-electron chi connectivity index (χ3n) is 4.39. The van der Waals surface area contributed by atoms with E-state index in [2.05, 4.69) is 42.5 Å². The molecule has 0 radical (unpaired) electrons. The van der Waals surface area contributed by atoms with Crippen LogP contribution in [0.5, 0.6) is 5.75 Å². The van der Waals surface area contributed by atoms with E-state index in [1.165, 1.54) is 63.4 Å². The Kier molecular flexibility index (Phi) is 10.3. The standard InChI is InChI=1S/C24H32O/c1(3-5-7-11-17-23-18-12-9-13-19-23)2-4-6-8-16-22-25-24-20-14-10-15-21-24/h9-15,17-21H,1-8,16,22H2. The smallest absolute Gasteiger partial charge is 0.119 e. The molecule has 25 heavy (non-hydrogen) atoms. The van der Waals surface area contributed by atoms with Crippen LogP contribution in [0.4, 0.5) is 0 Å². The molecule has 0 N–H and O–H groups in total. The zero-order chi connectivity index (χ0) is 17.4. The summed E-state index contributed by atoms with van der Waals surface area (Å²) in [7, 11) is 0. The molecule has 0 saturated heterocycles. The first-order valence-corrected chi connectivity index (χ1v) is 9.84. The van der Waals surface area contributed by atoms with Gasteiger partial charge in [-0.15, -0.1) is 0 Å². The summed E-state index contributed by atoms with van der Waals surface area (Å²) in [5, 5.41) is 0. The van der Waals surface area contributed by atoms with E-state index in [0.29, 0.717) is 0 Å². The molecule has 0 aliphatic rings. The van der Waals surface area contributed by atoms with Crippen molar-refractivity contribution in [2.75, 3.05) is 6.61 Å². The van der Waals surface area contributed by atoms with E-state index < -0.39 is 0 Å². The molecule has 0 atom stereocenters. The van der Waals surface area contributed by atoms with E-state index in [0.717, 1.165) is 12.4 Å². The average Bonchev–Trinajstić information content (AvgIpc) is 2.67. The van der Waals surface area contributed by atoms with Crippen molar-refractivity contribution in [2.45, 2.75) is 57.8 Å². The first-order valence-electron chi connectivity index (χ1n) is 9.84. The van der Waals surface area contributed by atoms with Gasteiger partial charge in [0.15, 0.2) is 0 Å². The first-order chi connectivity index (χ1) is 12.4. The topological polar surface area (TPSA) is 9.23 Å². The Labute approximate surface area is 153 Å². The summed E-state index contributed by atoms with van der Waals surface area (Å²) in [5.74, 6) is 0.990. The van der Waals surface area contributed by atoms with Gasteiger partial charge in [-0.05, 0) is 37.0 Å². The number of benzene rings is 2. The minimum atomic E-state index is 0.845. The average molecular weight is 337 g/mol. The van der Waals surface area contributed by atoms with Gasteiger partial charge in [0.05, 0.1) is 6.61 Å². The summed E-state index contributed by atoms with van der Waals surface area (Å²) in [4.78, 5) is 0. The quantitative estimate of drug-likeness (QED) is 0.349. The molecule has 1 nitrogen and oxygen atoms in total. The first kappa shape index (κ1) is 19.3. The van der Waals surface area contributed by atoms with Crippen LogP contribution in [-0.2, 0) is 0 Å². The van der Waals surface area contributed by atoms with Gasteiger partial charge in [0.25, 0.3) is 0 Å². The van der Waals surface area contributed by atoms with Crippen molar-refractivity contribution in [1.29, 1.82) is 0 Å². The van der Waals surface area contributed by atoms with Gasteiger partial charge in [0.2, 0.25) is 0 Å². The number of rotatable bonds is 13. The molecular formula is C24H32O. The van der Waals surface area contributed by atoms with E-state index in [4.69, 9.17) is 4.74 Å². The van der Waals surface area contributed by atoms with Gasteiger partial charge in [0.1, 0.15) is 5.75 Å². The number of allylic oxidation sites excluding steroid dienone is 1. The molecular weight excluding hydrogens is 304 g/mol. The Morgan fingerprint density at radius 2 is 1.16 bits per heavy atom. The molecule has 2 aromatic rings. The van der Waals surface area contributed by atoms with E-state index in [1.54, 1.807) is 0 Å². The molecule has 0 heterocycles. The molecule has 1 heteroatoms. The summed E-state index contributed by atoms with van der Waals surface area (Å²) >= 11 is 0. The molecule has 0 spiro atoms. The van der Waals surface area contributed by atoms with Crippen LogP contribution in [0.25, 0.3) is 6.08 Å². The molecule has 0 saturated carbocycles. The van der Waals surface area contributed by atoms with Crippen LogP contribution in [0.2, 0.25) is 0 Å². The highest BCUT2D eigenvalue weighted by atomic mass is 16.5. The second-order valence-electron chi connectivity index (χ2n) is 6.59. The Bertz CT molecular complexity index is 559. The fraction of sp³-hybridized carbons (Fsp3) is 0.417. The number of ether oxygens (including phenoxy) is 1. The third kappa shape index (κ3) is 9.76. The lowest BCUT2D eigenvalue weighted by atomic mass is 10.1. The molecule has 2 aromatic carbocycles. The Morgan fingerprint density at radius 1 is 0.600 bits per heavy atom. The molecule has 0 amide bonds. The third-order valence-corrected chi connectivity index (χ3v) is 4.39. The molecule has 0 aliphatic carbocycles. The van der Waals surface area contributed by atoms with Crippen molar-refractivity contribution in [3.05, 3.63) is 72.3 Å². The summed E-state index contributed by atoms with van der Waals surface area (Å²) in [6, 6.07) is 20.7. The van der Waals surface area contributed by atoms with Crippen LogP contribution in [0, 0.1) is 0 Å². The SMILES string of the molecule is C(=Cc1ccccc1)CCCCCCCCCCOc1ccccc1. The molecule has 2 rings (SSSR count). The van der Waals surface area contributed by atoms with Crippen LogP contribution in [-0.4, -0.2) is 6.61 Å². The lowest BCUT2D eigenvalue weighted by Crippen LogP contribution is -1.96. The van der Waals surface area contributed by atoms with Gasteiger partial charge in [-0.25, -0.2) is 0 Å². The predicted octanol–water partition coefficient (Wildman–Crippen LogP) is 7.29. The van der Waals surface area contributed by atoms with Crippen molar-refractivity contribution < 1.29 is 4.74 Å². The van der Waals surface area contributed by atoms with Crippen molar-refractivity contribution >= 4 is 6.08 Å². The Hall–Kier alpha value is -2.02. The van der Waals surface area contributed by atoms with Gasteiger partial charge in [-0.1, -0.05) is 99.2 Å². The summed E-state index contributed by atoms with van der Waals surface area (Å²) in [6.45, 7) is 0.845. The van der Waals surface area contributed by atoms with E-state index >= 15 is 0 Å². The summed E-state index contributed by atoms with van der Waals surface area (Å²) in [6.07, 6.45) is 16.3. The van der Waals surface area contributed by atoms with Crippen LogP contribution < -0.4 is 4.74 Å². The molecule has 0 unspecified atom stereocenters. The fourth-order valence-corrected chi connectivity index (χ4v) is 2.92. The Morgan fingerprint density at radius 3 is 1.84 bits per heavy atom. The largest absolute Gasteiger partial charge is 0.494 e. The summed E-state index contributed by atoms with van der Waals surface area (Å²) < 4.78 is 5.71. The molecule has 0 fully saturated rings. The number of hydrogen-bond acceptors (Lipinski definition) is 1. The van der Waals surface area contributed by atoms with Crippen LogP contribution in [0.1, 0.15) is 63.4 Å². The van der Waals surface area contributed by atoms with E-state index in [9.17, 15) is 0 Å². The van der Waals surface area contributed by atoms with Gasteiger partial charge in [0, 0.05) is 0 Å². The van der Waals surface area contributed by atoms with Gasteiger partial charge >= 0.3 is 0 Å². The molecule has 0 bridgehead atoms. The minimum Gasteiger partial charge on any atom is -0.494 e. The second kappa shape index (κ2) is 13.3. The number of hydrogen-bond donors (Lipinski definition) is 0.